The first-order chi connectivity index (χ1) is 11.8. The largest absolute Gasteiger partial charge is 0.325 e. The number of carbonyl (C=O) groups is 1. The fourth-order valence-electron chi connectivity index (χ4n) is 3.53. The van der Waals surface area contributed by atoms with Crippen LogP contribution >= 0.6 is 0 Å². The summed E-state index contributed by atoms with van der Waals surface area (Å²) in [6, 6.07) is 15.9. The van der Waals surface area contributed by atoms with Gasteiger partial charge in [-0.25, -0.2) is 0 Å². The number of nitrogens with one attached hydrogen (secondary N) is 3. The van der Waals surface area contributed by atoms with Crippen molar-refractivity contribution in [3.8, 4) is 0 Å². The second-order valence-electron chi connectivity index (χ2n) is 6.32. The Morgan fingerprint density at radius 1 is 1.08 bits per heavy atom. The topological polar surface area (TPSA) is 69.8 Å². The van der Waals surface area contributed by atoms with Crippen molar-refractivity contribution in [1.82, 2.24) is 15.5 Å². The van der Waals surface area contributed by atoms with Gasteiger partial charge in [0.25, 0.3) is 0 Å². The van der Waals surface area contributed by atoms with Crippen LogP contribution in [0.1, 0.15) is 18.4 Å². The zero-order valence-electron chi connectivity index (χ0n) is 13.4. The lowest BCUT2D eigenvalue weighted by atomic mass is 9.72. The minimum atomic E-state index is -0.474. The maximum atomic E-state index is 13.2. The second-order valence-corrected chi connectivity index (χ2v) is 6.32. The third kappa shape index (κ3) is 2.57. The van der Waals surface area contributed by atoms with Crippen LogP contribution in [-0.4, -0.2) is 29.2 Å². The molecular weight excluding hydrogens is 300 g/mol. The van der Waals surface area contributed by atoms with Gasteiger partial charge in [-0.05, 0) is 49.7 Å². The molecule has 3 N–H and O–H groups in total. The summed E-state index contributed by atoms with van der Waals surface area (Å²) in [4.78, 5) is 13.2. The first-order valence-corrected chi connectivity index (χ1v) is 8.29. The van der Waals surface area contributed by atoms with Crippen molar-refractivity contribution >= 4 is 22.5 Å². The van der Waals surface area contributed by atoms with Crippen LogP contribution < -0.4 is 10.6 Å². The van der Waals surface area contributed by atoms with E-state index in [9.17, 15) is 4.79 Å². The van der Waals surface area contributed by atoms with Crippen molar-refractivity contribution in [2.24, 2.45) is 0 Å². The highest BCUT2D eigenvalue weighted by molar-refractivity contribution is 6.00. The highest BCUT2D eigenvalue weighted by atomic mass is 16.2. The summed E-state index contributed by atoms with van der Waals surface area (Å²) in [7, 11) is 0. The molecule has 0 aliphatic carbocycles. The van der Waals surface area contributed by atoms with E-state index in [2.05, 4.69) is 33.0 Å². The first-order valence-electron chi connectivity index (χ1n) is 8.29. The van der Waals surface area contributed by atoms with Gasteiger partial charge in [0.2, 0.25) is 5.91 Å². The van der Waals surface area contributed by atoms with Crippen LogP contribution in [0.15, 0.2) is 54.7 Å². The Balaban J connectivity index is 1.66. The molecule has 1 aliphatic heterocycles. The zero-order valence-corrected chi connectivity index (χ0v) is 13.4. The van der Waals surface area contributed by atoms with Crippen molar-refractivity contribution in [3.63, 3.8) is 0 Å². The molecule has 0 bridgehead atoms. The van der Waals surface area contributed by atoms with Gasteiger partial charge in [-0.15, -0.1) is 0 Å². The molecule has 4 rings (SSSR count). The lowest BCUT2D eigenvalue weighted by Crippen LogP contribution is -2.48. The summed E-state index contributed by atoms with van der Waals surface area (Å²) in [6.45, 7) is 1.70. The van der Waals surface area contributed by atoms with Crippen molar-refractivity contribution < 1.29 is 4.79 Å². The van der Waals surface area contributed by atoms with Crippen molar-refractivity contribution in [1.29, 1.82) is 0 Å². The Morgan fingerprint density at radius 3 is 2.67 bits per heavy atom. The van der Waals surface area contributed by atoms with Crippen LogP contribution in [0.5, 0.6) is 0 Å². The number of hydrogen-bond acceptors (Lipinski definition) is 3. The summed E-state index contributed by atoms with van der Waals surface area (Å²) >= 11 is 0. The van der Waals surface area contributed by atoms with E-state index >= 15 is 0 Å². The quantitative estimate of drug-likeness (QED) is 0.695. The van der Waals surface area contributed by atoms with E-state index in [1.54, 1.807) is 6.20 Å². The van der Waals surface area contributed by atoms with Gasteiger partial charge in [0.1, 0.15) is 0 Å². The molecule has 5 heteroatoms. The number of benzene rings is 2. The molecule has 0 atom stereocenters. The molecule has 0 radical (unpaired) electrons. The van der Waals surface area contributed by atoms with E-state index < -0.39 is 5.41 Å². The summed E-state index contributed by atoms with van der Waals surface area (Å²) < 4.78 is 0. The molecule has 5 nitrogen and oxygen atoms in total. The van der Waals surface area contributed by atoms with E-state index in [1.807, 2.05) is 36.4 Å². The molecule has 2 heterocycles. The van der Waals surface area contributed by atoms with Gasteiger partial charge >= 0.3 is 0 Å². The van der Waals surface area contributed by atoms with Crippen LogP contribution in [0.25, 0.3) is 10.9 Å². The van der Waals surface area contributed by atoms with Gasteiger partial charge in [-0.2, -0.15) is 5.10 Å². The van der Waals surface area contributed by atoms with Gasteiger partial charge in [0.05, 0.1) is 17.1 Å². The lowest BCUT2D eigenvalue weighted by molar-refractivity contribution is -0.122. The molecule has 1 aliphatic rings. The van der Waals surface area contributed by atoms with Gasteiger partial charge in [-0.3, -0.25) is 9.89 Å². The molecule has 0 saturated carbocycles. The number of hydrogen-bond donors (Lipinski definition) is 3. The normalized spacial score (nSPS) is 16.8. The number of carbonyl (C=O) groups excluding carboxylic acids is 1. The predicted molar refractivity (Wildman–Crippen MR) is 94.9 cm³/mol. The third-order valence-corrected chi connectivity index (χ3v) is 4.92. The van der Waals surface area contributed by atoms with Gasteiger partial charge < -0.3 is 10.6 Å². The summed E-state index contributed by atoms with van der Waals surface area (Å²) in [5, 5.41) is 14.4. The molecule has 3 aromatic rings. The number of rotatable bonds is 3. The number of piperidine rings is 1. The monoisotopic (exact) mass is 320 g/mol. The van der Waals surface area contributed by atoms with E-state index in [0.717, 1.165) is 48.1 Å². The number of anilines is 1. The molecule has 24 heavy (non-hydrogen) atoms. The number of nitrogens with zero attached hydrogens (tertiary/aromatic N) is 1. The Bertz CT molecular complexity index is 850. The molecule has 2 aromatic carbocycles. The van der Waals surface area contributed by atoms with E-state index in [4.69, 9.17) is 0 Å². The van der Waals surface area contributed by atoms with Crippen LogP contribution in [0.3, 0.4) is 0 Å². The molecule has 1 amide bonds. The fourth-order valence-corrected chi connectivity index (χ4v) is 3.53. The number of aromatic nitrogens is 2. The van der Waals surface area contributed by atoms with Crippen LogP contribution in [0.4, 0.5) is 5.69 Å². The second kappa shape index (κ2) is 6.09. The maximum absolute atomic E-state index is 13.2. The van der Waals surface area contributed by atoms with Gasteiger partial charge in [0.15, 0.2) is 0 Å². The SMILES string of the molecule is O=C(Nc1ccc2[nH]ncc2c1)C1(c2ccccc2)CCNCC1. The molecule has 1 saturated heterocycles. The number of fused-ring (bicyclic) bond motifs is 1. The zero-order chi connectivity index (χ0) is 16.4. The average molecular weight is 320 g/mol. The summed E-state index contributed by atoms with van der Waals surface area (Å²) in [5.74, 6) is 0.0676. The minimum Gasteiger partial charge on any atom is -0.325 e. The highest BCUT2D eigenvalue weighted by Gasteiger charge is 2.41. The van der Waals surface area contributed by atoms with Crippen LogP contribution in [0.2, 0.25) is 0 Å². The Kier molecular flexibility index (Phi) is 3.78. The van der Waals surface area contributed by atoms with Crippen molar-refractivity contribution in [3.05, 3.63) is 60.3 Å². The Hall–Kier alpha value is -2.66. The summed E-state index contributed by atoms with van der Waals surface area (Å²) in [6.07, 6.45) is 3.37. The minimum absolute atomic E-state index is 0.0676. The van der Waals surface area contributed by atoms with Crippen molar-refractivity contribution in [2.75, 3.05) is 18.4 Å². The molecule has 122 valence electrons. The van der Waals surface area contributed by atoms with E-state index in [-0.39, 0.29) is 5.91 Å². The Morgan fingerprint density at radius 2 is 1.88 bits per heavy atom. The van der Waals surface area contributed by atoms with E-state index in [1.165, 1.54) is 0 Å². The summed E-state index contributed by atoms with van der Waals surface area (Å²) in [5.41, 5.74) is 2.39. The smallest absolute Gasteiger partial charge is 0.235 e. The number of amides is 1. The van der Waals surface area contributed by atoms with Crippen LogP contribution in [-0.2, 0) is 10.2 Å². The van der Waals surface area contributed by atoms with Crippen molar-refractivity contribution in [2.45, 2.75) is 18.3 Å². The van der Waals surface area contributed by atoms with Crippen LogP contribution in [0, 0.1) is 0 Å². The maximum Gasteiger partial charge on any atom is 0.235 e. The van der Waals surface area contributed by atoms with E-state index in [0.29, 0.717) is 0 Å². The standard InChI is InChI=1S/C19H20N4O/c24-18(22-16-6-7-17-14(12-16)13-21-23-17)19(8-10-20-11-9-19)15-4-2-1-3-5-15/h1-7,12-13,20H,8-11H2,(H,21,23)(H,22,24). The molecule has 1 fully saturated rings. The molecule has 0 spiro atoms. The molecular formula is C19H20N4O. The molecule has 1 aromatic heterocycles. The van der Waals surface area contributed by atoms with Gasteiger partial charge in [-0.1, -0.05) is 30.3 Å². The Labute approximate surface area is 140 Å². The fraction of sp³-hybridized carbons (Fsp3) is 0.263. The number of H-pyrrole nitrogens is 1. The van der Waals surface area contributed by atoms with Gasteiger partial charge in [0, 0.05) is 11.1 Å². The molecule has 0 unspecified atom stereocenters. The average Bonchev–Trinajstić information content (AvgIpc) is 3.11. The lowest BCUT2D eigenvalue weighted by Gasteiger charge is -2.36. The first kappa shape index (κ1) is 14.9. The highest BCUT2D eigenvalue weighted by Crippen LogP contribution is 2.35. The number of aromatic amines is 1. The third-order valence-electron chi connectivity index (χ3n) is 4.92. The predicted octanol–water partition coefficient (Wildman–Crippen LogP) is 2.82.